The molecular weight excluding hydrogens is 356 g/mol. The van der Waals surface area contributed by atoms with Crippen molar-refractivity contribution in [3.05, 3.63) is 18.2 Å². The number of methoxy groups -OCH3 is 1. The molecule has 1 heterocycles. The summed E-state index contributed by atoms with van der Waals surface area (Å²) in [5.74, 6) is 0.142. The number of hydrogen-bond donors (Lipinski definition) is 1. The van der Waals surface area contributed by atoms with Gasteiger partial charge in [-0.25, -0.2) is 8.42 Å². The second-order valence-electron chi connectivity index (χ2n) is 6.20. The number of ether oxygens (including phenoxy) is 2. The Labute approximate surface area is 155 Å². The van der Waals surface area contributed by atoms with Crippen molar-refractivity contribution in [1.29, 1.82) is 0 Å². The average molecular weight is 384 g/mol. The molecule has 0 saturated carbocycles. The number of carbonyl (C=O) groups excluding carboxylic acids is 1. The van der Waals surface area contributed by atoms with Crippen molar-refractivity contribution >= 4 is 21.6 Å². The van der Waals surface area contributed by atoms with E-state index < -0.39 is 10.0 Å². The van der Waals surface area contributed by atoms with Gasteiger partial charge in [0.25, 0.3) is 0 Å². The zero-order valence-corrected chi connectivity index (χ0v) is 16.3. The second-order valence-corrected chi connectivity index (χ2v) is 8.11. The van der Waals surface area contributed by atoms with Crippen LogP contribution in [0.1, 0.15) is 39.0 Å². The summed E-state index contributed by atoms with van der Waals surface area (Å²) in [5.41, 5.74) is 0.450. The lowest BCUT2D eigenvalue weighted by Crippen LogP contribution is -2.35. The third-order valence-corrected chi connectivity index (χ3v) is 6.13. The van der Waals surface area contributed by atoms with Gasteiger partial charge in [0, 0.05) is 38.9 Å². The first kappa shape index (κ1) is 20.7. The molecule has 1 N–H and O–H groups in total. The number of amides is 1. The van der Waals surface area contributed by atoms with Crippen molar-refractivity contribution in [3.63, 3.8) is 0 Å². The van der Waals surface area contributed by atoms with Gasteiger partial charge >= 0.3 is 0 Å². The van der Waals surface area contributed by atoms with Crippen LogP contribution in [-0.2, 0) is 19.6 Å². The molecule has 1 fully saturated rings. The van der Waals surface area contributed by atoms with Crippen molar-refractivity contribution in [3.8, 4) is 5.75 Å². The molecule has 26 heavy (non-hydrogen) atoms. The molecule has 0 unspecified atom stereocenters. The Morgan fingerprint density at radius 1 is 1.23 bits per heavy atom. The van der Waals surface area contributed by atoms with E-state index in [1.54, 1.807) is 19.2 Å². The van der Waals surface area contributed by atoms with Crippen LogP contribution < -0.4 is 10.1 Å². The fourth-order valence-electron chi connectivity index (χ4n) is 2.91. The van der Waals surface area contributed by atoms with Gasteiger partial charge in [-0.1, -0.05) is 6.42 Å². The lowest BCUT2D eigenvalue weighted by Gasteiger charge is -2.27. The van der Waals surface area contributed by atoms with Crippen LogP contribution in [0.4, 0.5) is 5.69 Å². The normalized spacial score (nSPS) is 15.6. The Balaban J connectivity index is 2.23. The second kappa shape index (κ2) is 9.89. The topological polar surface area (TPSA) is 84.9 Å². The lowest BCUT2D eigenvalue weighted by molar-refractivity contribution is -0.116. The van der Waals surface area contributed by atoms with E-state index in [4.69, 9.17) is 9.47 Å². The van der Waals surface area contributed by atoms with Crippen LogP contribution in [0.2, 0.25) is 0 Å². The Hall–Kier alpha value is -1.64. The molecule has 2 rings (SSSR count). The number of hydrogen-bond acceptors (Lipinski definition) is 5. The monoisotopic (exact) mass is 384 g/mol. The largest absolute Gasteiger partial charge is 0.492 e. The minimum Gasteiger partial charge on any atom is -0.492 e. The van der Waals surface area contributed by atoms with Crippen molar-refractivity contribution in [2.75, 3.05) is 38.7 Å². The fourth-order valence-corrected chi connectivity index (χ4v) is 4.58. The number of sulfonamides is 1. The minimum absolute atomic E-state index is 0.107. The van der Waals surface area contributed by atoms with Crippen LogP contribution in [0.25, 0.3) is 0 Å². The predicted molar refractivity (Wildman–Crippen MR) is 100.0 cm³/mol. The van der Waals surface area contributed by atoms with Crippen LogP contribution in [0.5, 0.6) is 5.75 Å². The molecule has 0 aliphatic carbocycles. The predicted octanol–water partition coefficient (Wildman–Crippen LogP) is 2.63. The highest BCUT2D eigenvalue weighted by Crippen LogP contribution is 2.31. The van der Waals surface area contributed by atoms with Gasteiger partial charge in [0.05, 0.1) is 6.61 Å². The zero-order chi connectivity index (χ0) is 19.0. The molecule has 0 bridgehead atoms. The molecule has 1 aromatic rings. The van der Waals surface area contributed by atoms with E-state index in [9.17, 15) is 13.2 Å². The molecule has 1 aliphatic rings. The van der Waals surface area contributed by atoms with Gasteiger partial charge in [-0.05, 0) is 44.4 Å². The molecule has 0 radical (unpaired) electrons. The van der Waals surface area contributed by atoms with Crippen molar-refractivity contribution in [2.24, 2.45) is 0 Å². The van der Waals surface area contributed by atoms with Gasteiger partial charge in [0.15, 0.2) is 0 Å². The summed E-state index contributed by atoms with van der Waals surface area (Å²) >= 11 is 0. The summed E-state index contributed by atoms with van der Waals surface area (Å²) in [6.07, 6.45) is 3.69. The van der Waals surface area contributed by atoms with E-state index in [2.05, 4.69) is 5.32 Å². The first-order valence-electron chi connectivity index (χ1n) is 9.05. The molecular formula is C18H28N2O5S. The van der Waals surface area contributed by atoms with E-state index in [-0.39, 0.29) is 10.8 Å². The average Bonchev–Trinajstić information content (AvgIpc) is 2.64. The molecule has 0 atom stereocenters. The highest BCUT2D eigenvalue weighted by Gasteiger charge is 2.29. The number of piperidine rings is 1. The van der Waals surface area contributed by atoms with Crippen molar-refractivity contribution in [1.82, 2.24) is 4.31 Å². The molecule has 146 valence electrons. The summed E-state index contributed by atoms with van der Waals surface area (Å²) in [4.78, 5) is 12.1. The smallest absolute Gasteiger partial charge is 0.246 e. The highest BCUT2D eigenvalue weighted by molar-refractivity contribution is 7.89. The molecule has 1 aromatic carbocycles. The Morgan fingerprint density at radius 3 is 2.62 bits per heavy atom. The summed E-state index contributed by atoms with van der Waals surface area (Å²) in [7, 11) is -2.07. The fraction of sp³-hybridized carbons (Fsp3) is 0.611. The van der Waals surface area contributed by atoms with Gasteiger partial charge in [-0.15, -0.1) is 0 Å². The van der Waals surface area contributed by atoms with Gasteiger partial charge in [0.2, 0.25) is 15.9 Å². The van der Waals surface area contributed by atoms with E-state index in [0.29, 0.717) is 50.6 Å². The standard InChI is InChI=1S/C18H28N2O5S/c1-3-25-16-10-9-15(19-18(21)8-7-13-24-2)14-17(16)26(22,23)20-11-5-4-6-12-20/h9-10,14H,3-8,11-13H2,1-2H3,(H,19,21). The number of nitrogens with one attached hydrogen (secondary N) is 1. The van der Waals surface area contributed by atoms with Gasteiger partial charge in [-0.2, -0.15) is 4.31 Å². The molecule has 1 amide bonds. The third kappa shape index (κ3) is 5.43. The van der Waals surface area contributed by atoms with E-state index >= 15 is 0 Å². The Kier molecular flexibility index (Phi) is 7.86. The van der Waals surface area contributed by atoms with Crippen LogP contribution in [0.3, 0.4) is 0 Å². The molecule has 1 aliphatic heterocycles. The number of nitrogens with zero attached hydrogens (tertiary/aromatic N) is 1. The maximum atomic E-state index is 13.0. The maximum Gasteiger partial charge on any atom is 0.246 e. The number of benzene rings is 1. The Morgan fingerprint density at radius 2 is 1.96 bits per heavy atom. The van der Waals surface area contributed by atoms with E-state index in [0.717, 1.165) is 19.3 Å². The maximum absolute atomic E-state index is 13.0. The van der Waals surface area contributed by atoms with Crippen LogP contribution >= 0.6 is 0 Å². The molecule has 7 nitrogen and oxygen atoms in total. The summed E-state index contributed by atoms with van der Waals surface area (Å²) < 4.78 is 38.0. The minimum atomic E-state index is -3.66. The first-order valence-corrected chi connectivity index (χ1v) is 10.5. The quantitative estimate of drug-likeness (QED) is 0.662. The summed E-state index contributed by atoms with van der Waals surface area (Å²) in [6, 6.07) is 4.75. The third-order valence-electron chi connectivity index (χ3n) is 4.21. The number of anilines is 1. The summed E-state index contributed by atoms with van der Waals surface area (Å²) in [5, 5.41) is 2.75. The molecule has 0 spiro atoms. The number of carbonyl (C=O) groups is 1. The van der Waals surface area contributed by atoms with Gasteiger partial charge in [-0.3, -0.25) is 4.79 Å². The highest BCUT2D eigenvalue weighted by atomic mass is 32.2. The van der Waals surface area contributed by atoms with Crippen molar-refractivity contribution in [2.45, 2.75) is 43.9 Å². The Bertz CT molecular complexity index is 700. The van der Waals surface area contributed by atoms with Crippen molar-refractivity contribution < 1.29 is 22.7 Å². The lowest BCUT2D eigenvalue weighted by atomic mass is 10.2. The van der Waals surface area contributed by atoms with Crippen LogP contribution in [0, 0.1) is 0 Å². The van der Waals surface area contributed by atoms with Crippen LogP contribution in [0.15, 0.2) is 23.1 Å². The zero-order valence-electron chi connectivity index (χ0n) is 15.5. The van der Waals surface area contributed by atoms with Crippen LogP contribution in [-0.4, -0.2) is 52.0 Å². The van der Waals surface area contributed by atoms with E-state index in [1.165, 1.54) is 10.4 Å². The molecule has 8 heteroatoms. The van der Waals surface area contributed by atoms with E-state index in [1.807, 2.05) is 6.92 Å². The molecule has 0 aromatic heterocycles. The number of rotatable bonds is 9. The molecule has 1 saturated heterocycles. The SMILES string of the molecule is CCOc1ccc(NC(=O)CCCOC)cc1S(=O)(=O)N1CCCCC1. The van der Waals surface area contributed by atoms with Gasteiger partial charge < -0.3 is 14.8 Å². The first-order chi connectivity index (χ1) is 12.5. The summed E-state index contributed by atoms with van der Waals surface area (Å²) in [6.45, 7) is 3.71. The van der Waals surface area contributed by atoms with Gasteiger partial charge in [0.1, 0.15) is 10.6 Å².